The topological polar surface area (TPSA) is 101 Å². The van der Waals surface area contributed by atoms with Crippen molar-refractivity contribution < 1.29 is 22.8 Å². The van der Waals surface area contributed by atoms with Crippen molar-refractivity contribution in [3.05, 3.63) is 34.1 Å². The number of sulfonamides is 1. The van der Waals surface area contributed by atoms with Crippen LogP contribution in [0.4, 0.5) is 10.1 Å². The molecule has 1 N–H and O–H groups in total. The molecule has 0 spiro atoms. The summed E-state index contributed by atoms with van der Waals surface area (Å²) >= 11 is 0. The Labute approximate surface area is 114 Å². The highest BCUT2D eigenvalue weighted by Crippen LogP contribution is 2.25. The molecule has 2 rings (SSSR count). The Hall–Kier alpha value is -1.58. The number of nitro benzene ring substituents is 1. The molecule has 1 aliphatic heterocycles. The van der Waals surface area contributed by atoms with Crippen LogP contribution in [0.3, 0.4) is 0 Å². The molecule has 1 aromatic carbocycles. The molecule has 1 aromatic rings. The van der Waals surface area contributed by atoms with Crippen molar-refractivity contribution in [1.82, 2.24) is 4.31 Å². The van der Waals surface area contributed by atoms with Crippen molar-refractivity contribution in [1.29, 1.82) is 0 Å². The van der Waals surface area contributed by atoms with Gasteiger partial charge in [-0.05, 0) is 18.9 Å². The number of aliphatic hydroxyl groups excluding tert-OH is 1. The van der Waals surface area contributed by atoms with Gasteiger partial charge in [0, 0.05) is 25.2 Å². The van der Waals surface area contributed by atoms with Crippen LogP contribution in [0, 0.1) is 15.9 Å². The van der Waals surface area contributed by atoms with Gasteiger partial charge in [-0.15, -0.1) is 0 Å². The zero-order valence-electron chi connectivity index (χ0n) is 10.4. The van der Waals surface area contributed by atoms with Gasteiger partial charge in [-0.3, -0.25) is 10.1 Å². The summed E-state index contributed by atoms with van der Waals surface area (Å²) in [6, 6.07) is 2.50. The highest BCUT2D eigenvalue weighted by Gasteiger charge is 2.30. The van der Waals surface area contributed by atoms with Gasteiger partial charge in [0.15, 0.2) is 0 Å². The van der Waals surface area contributed by atoms with Crippen molar-refractivity contribution in [3.8, 4) is 0 Å². The van der Waals surface area contributed by atoms with Crippen LogP contribution in [0.15, 0.2) is 23.1 Å². The van der Waals surface area contributed by atoms with E-state index in [0.717, 1.165) is 16.4 Å². The van der Waals surface area contributed by atoms with Gasteiger partial charge >= 0.3 is 5.69 Å². The lowest BCUT2D eigenvalue weighted by atomic mass is 10.1. The number of piperidine rings is 1. The number of rotatable bonds is 3. The fourth-order valence-electron chi connectivity index (χ4n) is 2.03. The minimum absolute atomic E-state index is 0.141. The molecule has 110 valence electrons. The number of halogens is 1. The number of hydrogen-bond donors (Lipinski definition) is 1. The fourth-order valence-corrected chi connectivity index (χ4v) is 3.51. The highest BCUT2D eigenvalue weighted by atomic mass is 32.2. The molecule has 0 unspecified atom stereocenters. The van der Waals surface area contributed by atoms with Crippen molar-refractivity contribution in [2.24, 2.45) is 0 Å². The van der Waals surface area contributed by atoms with Crippen molar-refractivity contribution in [2.45, 2.75) is 23.8 Å². The molecule has 0 amide bonds. The molecule has 7 nitrogen and oxygen atoms in total. The van der Waals surface area contributed by atoms with Gasteiger partial charge < -0.3 is 5.11 Å². The molecular weight excluding hydrogens is 291 g/mol. The van der Waals surface area contributed by atoms with Gasteiger partial charge in [-0.1, -0.05) is 0 Å². The molecule has 1 fully saturated rings. The molecular formula is C11H13FN2O5S. The first kappa shape index (κ1) is 14.8. The van der Waals surface area contributed by atoms with E-state index < -0.39 is 32.6 Å². The Morgan fingerprint density at radius 1 is 1.35 bits per heavy atom. The third-order valence-electron chi connectivity index (χ3n) is 3.18. The van der Waals surface area contributed by atoms with Crippen LogP contribution in [0.5, 0.6) is 0 Å². The van der Waals surface area contributed by atoms with Crippen LogP contribution in [0.1, 0.15) is 12.8 Å². The van der Waals surface area contributed by atoms with Gasteiger partial charge in [-0.25, -0.2) is 8.42 Å². The molecule has 9 heteroatoms. The molecule has 0 aromatic heterocycles. The van der Waals surface area contributed by atoms with E-state index in [-0.39, 0.29) is 18.0 Å². The molecule has 1 saturated heterocycles. The standard InChI is InChI=1S/C11H13FN2O5S/c12-10-7-9(1-2-11(10)14(16)17)20(18,19)13-5-3-8(15)4-6-13/h1-2,7-8,15H,3-6H2. The first-order valence-corrected chi connectivity index (χ1v) is 7.38. The van der Waals surface area contributed by atoms with E-state index >= 15 is 0 Å². The summed E-state index contributed by atoms with van der Waals surface area (Å²) in [6.07, 6.45) is 0.0960. The lowest BCUT2D eigenvalue weighted by molar-refractivity contribution is -0.387. The lowest BCUT2D eigenvalue weighted by Crippen LogP contribution is -2.40. The molecule has 1 aliphatic rings. The third-order valence-corrected chi connectivity index (χ3v) is 5.07. The first-order chi connectivity index (χ1) is 9.32. The SMILES string of the molecule is O=[N+]([O-])c1ccc(S(=O)(=O)N2CCC(O)CC2)cc1F. The number of benzene rings is 1. The monoisotopic (exact) mass is 304 g/mol. The van der Waals surface area contributed by atoms with E-state index in [1.54, 1.807) is 0 Å². The van der Waals surface area contributed by atoms with E-state index in [1.807, 2.05) is 0 Å². The molecule has 20 heavy (non-hydrogen) atoms. The number of hydrogen-bond acceptors (Lipinski definition) is 5. The van der Waals surface area contributed by atoms with Crippen LogP contribution >= 0.6 is 0 Å². The second kappa shape index (κ2) is 5.43. The predicted molar refractivity (Wildman–Crippen MR) is 67.1 cm³/mol. The molecule has 0 aliphatic carbocycles. The number of aliphatic hydroxyl groups is 1. The van der Waals surface area contributed by atoms with Crippen LogP contribution in [-0.2, 0) is 10.0 Å². The zero-order chi connectivity index (χ0) is 14.9. The minimum atomic E-state index is -3.89. The lowest BCUT2D eigenvalue weighted by Gasteiger charge is -2.28. The van der Waals surface area contributed by atoms with E-state index in [1.165, 1.54) is 0 Å². The zero-order valence-corrected chi connectivity index (χ0v) is 11.2. The summed E-state index contributed by atoms with van der Waals surface area (Å²) in [5.41, 5.74) is -0.766. The van der Waals surface area contributed by atoms with E-state index in [4.69, 9.17) is 0 Å². The maximum absolute atomic E-state index is 13.5. The fraction of sp³-hybridized carbons (Fsp3) is 0.455. The van der Waals surface area contributed by atoms with Crippen molar-refractivity contribution in [3.63, 3.8) is 0 Å². The van der Waals surface area contributed by atoms with E-state index in [2.05, 4.69) is 0 Å². The summed E-state index contributed by atoms with van der Waals surface area (Å²) in [5, 5.41) is 19.8. The normalized spacial score (nSPS) is 18.1. The van der Waals surface area contributed by atoms with Gasteiger partial charge in [-0.2, -0.15) is 8.70 Å². The number of nitrogens with zero attached hydrogens (tertiary/aromatic N) is 2. The molecule has 0 atom stereocenters. The Balaban J connectivity index is 2.30. The molecule has 1 heterocycles. The summed E-state index contributed by atoms with van der Waals surface area (Å²) in [6.45, 7) is 0.282. The van der Waals surface area contributed by atoms with Crippen LogP contribution in [0.25, 0.3) is 0 Å². The second-order valence-electron chi connectivity index (χ2n) is 4.51. The highest BCUT2D eigenvalue weighted by molar-refractivity contribution is 7.89. The summed E-state index contributed by atoms with van der Waals surface area (Å²) in [5.74, 6) is -1.19. The quantitative estimate of drug-likeness (QED) is 0.660. The van der Waals surface area contributed by atoms with Crippen LogP contribution in [0.2, 0.25) is 0 Å². The van der Waals surface area contributed by atoms with Gasteiger partial charge in [0.2, 0.25) is 15.8 Å². The number of nitro groups is 1. The maximum atomic E-state index is 13.5. The predicted octanol–water partition coefficient (Wildman–Crippen LogP) is 0.879. The van der Waals surface area contributed by atoms with E-state index in [9.17, 15) is 28.0 Å². The smallest absolute Gasteiger partial charge is 0.304 e. The molecule has 0 radical (unpaired) electrons. The summed E-state index contributed by atoms with van der Waals surface area (Å²) < 4.78 is 39.1. The van der Waals surface area contributed by atoms with Crippen molar-refractivity contribution >= 4 is 15.7 Å². The average Bonchev–Trinajstić information content (AvgIpc) is 2.38. The van der Waals surface area contributed by atoms with Gasteiger partial charge in [0.25, 0.3) is 0 Å². The Bertz CT molecular complexity index is 626. The minimum Gasteiger partial charge on any atom is -0.393 e. The van der Waals surface area contributed by atoms with Crippen molar-refractivity contribution in [2.75, 3.05) is 13.1 Å². The molecule has 0 bridgehead atoms. The van der Waals surface area contributed by atoms with Crippen LogP contribution < -0.4 is 0 Å². The van der Waals surface area contributed by atoms with Gasteiger partial charge in [0.05, 0.1) is 15.9 Å². The molecule has 0 saturated carbocycles. The van der Waals surface area contributed by atoms with E-state index in [0.29, 0.717) is 18.9 Å². The van der Waals surface area contributed by atoms with Crippen LogP contribution in [-0.4, -0.2) is 41.9 Å². The summed E-state index contributed by atoms with van der Waals surface area (Å²) in [7, 11) is -3.89. The second-order valence-corrected chi connectivity index (χ2v) is 6.44. The first-order valence-electron chi connectivity index (χ1n) is 5.94. The van der Waals surface area contributed by atoms with Gasteiger partial charge in [0.1, 0.15) is 0 Å². The Morgan fingerprint density at radius 2 is 1.95 bits per heavy atom. The third kappa shape index (κ3) is 2.79. The Kier molecular flexibility index (Phi) is 4.02. The average molecular weight is 304 g/mol. The maximum Gasteiger partial charge on any atom is 0.304 e. The largest absolute Gasteiger partial charge is 0.393 e. The summed E-state index contributed by atoms with van der Waals surface area (Å²) in [4.78, 5) is 9.26. The Morgan fingerprint density at radius 3 is 2.45 bits per heavy atom.